The second kappa shape index (κ2) is 7.40. The molecule has 1 aromatic rings. The van der Waals surface area contributed by atoms with Crippen LogP contribution in [0.1, 0.15) is 19.8 Å². The Morgan fingerprint density at radius 2 is 2.05 bits per heavy atom. The molecule has 0 saturated carbocycles. The third-order valence-corrected chi connectivity index (χ3v) is 4.55. The molecule has 1 N–H and O–H groups in total. The Kier molecular flexibility index (Phi) is 5.28. The van der Waals surface area contributed by atoms with E-state index in [4.69, 9.17) is 9.47 Å². The standard InChI is InChI=1S/C17H25FN2O2/c1-2-22-17-12-21-11-15(17)19-13-7-9-20(10-8-13)16-6-4-3-5-14(16)18/h3-6,13,15,17,19H,2,7-12H2,1H3/t15-,17-/m0/s1. The van der Waals surface area contributed by atoms with Gasteiger partial charge < -0.3 is 19.7 Å². The fourth-order valence-electron chi connectivity index (χ4n) is 3.37. The van der Waals surface area contributed by atoms with Gasteiger partial charge in [-0.3, -0.25) is 0 Å². The van der Waals surface area contributed by atoms with E-state index in [-0.39, 0.29) is 18.0 Å². The zero-order valence-electron chi connectivity index (χ0n) is 13.1. The molecule has 122 valence electrons. The minimum atomic E-state index is -0.130. The Labute approximate surface area is 131 Å². The summed E-state index contributed by atoms with van der Waals surface area (Å²) in [5.74, 6) is -0.130. The summed E-state index contributed by atoms with van der Waals surface area (Å²) in [5, 5.41) is 3.67. The fraction of sp³-hybridized carbons (Fsp3) is 0.647. The van der Waals surface area contributed by atoms with Crippen molar-refractivity contribution in [3.8, 4) is 0 Å². The monoisotopic (exact) mass is 308 g/mol. The van der Waals surface area contributed by atoms with Gasteiger partial charge in [0.2, 0.25) is 0 Å². The highest BCUT2D eigenvalue weighted by molar-refractivity contribution is 5.47. The summed E-state index contributed by atoms with van der Waals surface area (Å²) in [6, 6.07) is 7.76. The molecule has 3 rings (SSSR count). The van der Waals surface area contributed by atoms with Gasteiger partial charge >= 0.3 is 0 Å². The number of nitrogens with one attached hydrogen (secondary N) is 1. The van der Waals surface area contributed by atoms with E-state index in [1.54, 1.807) is 6.07 Å². The van der Waals surface area contributed by atoms with Crippen LogP contribution in [-0.4, -0.2) is 51.1 Å². The number of hydrogen-bond acceptors (Lipinski definition) is 4. The van der Waals surface area contributed by atoms with Crippen LogP contribution in [0.5, 0.6) is 0 Å². The van der Waals surface area contributed by atoms with Crippen LogP contribution < -0.4 is 10.2 Å². The minimum Gasteiger partial charge on any atom is -0.377 e. The fourth-order valence-corrected chi connectivity index (χ4v) is 3.37. The van der Waals surface area contributed by atoms with Crippen LogP contribution in [0.4, 0.5) is 10.1 Å². The lowest BCUT2D eigenvalue weighted by Crippen LogP contribution is -2.50. The quantitative estimate of drug-likeness (QED) is 0.904. The lowest BCUT2D eigenvalue weighted by molar-refractivity contribution is 0.0392. The number of halogens is 1. The molecule has 2 fully saturated rings. The summed E-state index contributed by atoms with van der Waals surface area (Å²) in [5.41, 5.74) is 0.720. The number of hydrogen-bond donors (Lipinski definition) is 1. The van der Waals surface area contributed by atoms with Crippen LogP contribution >= 0.6 is 0 Å². The third kappa shape index (κ3) is 3.59. The third-order valence-electron chi connectivity index (χ3n) is 4.55. The number of rotatable bonds is 5. The number of para-hydroxylation sites is 1. The molecule has 0 aromatic heterocycles. The van der Waals surface area contributed by atoms with Crippen molar-refractivity contribution in [1.29, 1.82) is 0 Å². The van der Waals surface area contributed by atoms with E-state index in [1.807, 2.05) is 19.1 Å². The van der Waals surface area contributed by atoms with Crippen molar-refractivity contribution < 1.29 is 13.9 Å². The Balaban J connectivity index is 1.51. The Hall–Kier alpha value is -1.17. The maximum Gasteiger partial charge on any atom is 0.146 e. The van der Waals surface area contributed by atoms with Gasteiger partial charge in [-0.1, -0.05) is 12.1 Å². The lowest BCUT2D eigenvalue weighted by Gasteiger charge is -2.36. The molecule has 5 heteroatoms. The van der Waals surface area contributed by atoms with Crippen molar-refractivity contribution in [2.75, 3.05) is 37.8 Å². The number of benzene rings is 1. The van der Waals surface area contributed by atoms with Crippen LogP contribution in [0.15, 0.2) is 24.3 Å². The molecule has 2 saturated heterocycles. The largest absolute Gasteiger partial charge is 0.377 e. The molecule has 1 aromatic carbocycles. The van der Waals surface area contributed by atoms with Crippen molar-refractivity contribution in [3.63, 3.8) is 0 Å². The topological polar surface area (TPSA) is 33.7 Å². The second-order valence-electron chi connectivity index (χ2n) is 6.02. The summed E-state index contributed by atoms with van der Waals surface area (Å²) >= 11 is 0. The normalized spacial score (nSPS) is 26.5. The van der Waals surface area contributed by atoms with Gasteiger partial charge in [0, 0.05) is 25.7 Å². The summed E-state index contributed by atoms with van der Waals surface area (Å²) in [7, 11) is 0. The molecule has 0 bridgehead atoms. The number of nitrogens with zero attached hydrogens (tertiary/aromatic N) is 1. The molecule has 4 nitrogen and oxygen atoms in total. The van der Waals surface area contributed by atoms with Crippen LogP contribution in [0.25, 0.3) is 0 Å². The van der Waals surface area contributed by atoms with Gasteiger partial charge in [0.1, 0.15) is 5.82 Å². The van der Waals surface area contributed by atoms with Crippen molar-refractivity contribution in [3.05, 3.63) is 30.1 Å². The Bertz CT molecular complexity index is 477. The van der Waals surface area contributed by atoms with E-state index < -0.39 is 0 Å². The molecule has 22 heavy (non-hydrogen) atoms. The molecule has 0 aliphatic carbocycles. The average Bonchev–Trinajstić information content (AvgIpc) is 2.96. The summed E-state index contributed by atoms with van der Waals surface area (Å²) < 4.78 is 25.1. The summed E-state index contributed by atoms with van der Waals surface area (Å²) in [6.07, 6.45) is 2.20. The van der Waals surface area contributed by atoms with E-state index in [0.29, 0.717) is 12.6 Å². The van der Waals surface area contributed by atoms with E-state index in [2.05, 4.69) is 10.2 Å². The molecule has 2 aliphatic rings. The Morgan fingerprint density at radius 3 is 2.77 bits per heavy atom. The maximum atomic E-state index is 13.8. The molecule has 0 unspecified atom stereocenters. The van der Waals surface area contributed by atoms with Crippen molar-refractivity contribution in [2.24, 2.45) is 0 Å². The van der Waals surface area contributed by atoms with Crippen LogP contribution in [0, 0.1) is 5.82 Å². The van der Waals surface area contributed by atoms with E-state index in [0.717, 1.165) is 44.8 Å². The highest BCUT2D eigenvalue weighted by Crippen LogP contribution is 2.23. The van der Waals surface area contributed by atoms with Crippen LogP contribution in [0.3, 0.4) is 0 Å². The highest BCUT2D eigenvalue weighted by Gasteiger charge is 2.31. The predicted octanol–water partition coefficient (Wildman–Crippen LogP) is 2.19. The zero-order chi connectivity index (χ0) is 15.4. The van der Waals surface area contributed by atoms with Crippen molar-refractivity contribution >= 4 is 5.69 Å². The van der Waals surface area contributed by atoms with Gasteiger partial charge in [-0.25, -0.2) is 4.39 Å². The first-order valence-electron chi connectivity index (χ1n) is 8.22. The van der Waals surface area contributed by atoms with E-state index >= 15 is 0 Å². The van der Waals surface area contributed by atoms with E-state index in [1.165, 1.54) is 6.07 Å². The molecule has 2 atom stereocenters. The average molecular weight is 308 g/mol. The summed E-state index contributed by atoms with van der Waals surface area (Å²) in [4.78, 5) is 2.14. The van der Waals surface area contributed by atoms with Crippen LogP contribution in [-0.2, 0) is 9.47 Å². The zero-order valence-corrected chi connectivity index (χ0v) is 13.1. The molecular formula is C17H25FN2O2. The summed E-state index contributed by atoms with van der Waals surface area (Å²) in [6.45, 7) is 5.90. The lowest BCUT2D eigenvalue weighted by atomic mass is 10.0. The van der Waals surface area contributed by atoms with E-state index in [9.17, 15) is 4.39 Å². The minimum absolute atomic E-state index is 0.130. The number of ether oxygens (including phenoxy) is 2. The van der Waals surface area contributed by atoms with Crippen molar-refractivity contribution in [2.45, 2.75) is 38.0 Å². The Morgan fingerprint density at radius 1 is 1.27 bits per heavy atom. The first kappa shape index (κ1) is 15.7. The predicted molar refractivity (Wildman–Crippen MR) is 84.8 cm³/mol. The van der Waals surface area contributed by atoms with Gasteiger partial charge in [-0.2, -0.15) is 0 Å². The smallest absolute Gasteiger partial charge is 0.146 e. The number of piperidine rings is 1. The maximum absolute atomic E-state index is 13.8. The molecule has 2 heterocycles. The first-order valence-corrected chi connectivity index (χ1v) is 8.22. The van der Waals surface area contributed by atoms with Gasteiger partial charge in [0.05, 0.1) is 31.0 Å². The second-order valence-corrected chi connectivity index (χ2v) is 6.02. The molecular weight excluding hydrogens is 283 g/mol. The van der Waals surface area contributed by atoms with Crippen molar-refractivity contribution in [1.82, 2.24) is 5.32 Å². The van der Waals surface area contributed by atoms with Crippen LogP contribution in [0.2, 0.25) is 0 Å². The van der Waals surface area contributed by atoms with Gasteiger partial charge in [0.25, 0.3) is 0 Å². The SMILES string of the molecule is CCO[C@H]1COC[C@@H]1NC1CCN(c2ccccc2F)CC1. The highest BCUT2D eigenvalue weighted by atomic mass is 19.1. The van der Waals surface area contributed by atoms with Gasteiger partial charge in [-0.15, -0.1) is 0 Å². The molecule has 0 spiro atoms. The van der Waals surface area contributed by atoms with Gasteiger partial charge in [-0.05, 0) is 31.9 Å². The molecule has 0 amide bonds. The molecule has 2 aliphatic heterocycles. The first-order chi connectivity index (χ1) is 10.8. The molecule has 0 radical (unpaired) electrons. The van der Waals surface area contributed by atoms with Gasteiger partial charge in [0.15, 0.2) is 0 Å². The number of anilines is 1.